The van der Waals surface area contributed by atoms with Crippen LogP contribution in [-0.2, 0) is 16.6 Å². The molecule has 7 heteroatoms. The van der Waals surface area contributed by atoms with E-state index in [1.165, 1.54) is 0 Å². The minimum atomic E-state index is -3.45. The van der Waals surface area contributed by atoms with Gasteiger partial charge in [-0.1, -0.05) is 6.07 Å². The Morgan fingerprint density at radius 3 is 2.90 bits per heavy atom. The second-order valence-electron chi connectivity index (χ2n) is 4.88. The second-order valence-corrected chi connectivity index (χ2v) is 8.62. The lowest BCUT2D eigenvalue weighted by Crippen LogP contribution is -2.29. The maximum Gasteiger partial charge on any atom is 0.241 e. The summed E-state index contributed by atoms with van der Waals surface area (Å²) in [5, 5.41) is 3.03. The van der Waals surface area contributed by atoms with Gasteiger partial charge in [-0.3, -0.25) is 0 Å². The molecule has 112 valence electrons. The Morgan fingerprint density at radius 2 is 2.25 bits per heavy atom. The van der Waals surface area contributed by atoms with E-state index in [0.29, 0.717) is 28.4 Å². The normalized spacial score (nSPS) is 19.4. The van der Waals surface area contributed by atoms with Crippen molar-refractivity contribution in [3.8, 4) is 0 Å². The van der Waals surface area contributed by atoms with Crippen LogP contribution in [0.2, 0.25) is 0 Å². The fraction of sp³-hybridized carbons (Fsp3) is 0.538. The maximum absolute atomic E-state index is 12.4. The molecule has 1 heterocycles. The van der Waals surface area contributed by atoms with E-state index in [2.05, 4.69) is 26.0 Å². The van der Waals surface area contributed by atoms with Crippen molar-refractivity contribution in [2.45, 2.75) is 17.9 Å². The first-order valence-electron chi connectivity index (χ1n) is 6.53. The largest absolute Gasteiger partial charge is 0.316 e. The van der Waals surface area contributed by atoms with E-state index in [9.17, 15) is 8.42 Å². The molecule has 0 bridgehead atoms. The predicted molar refractivity (Wildman–Crippen MR) is 87.5 cm³/mol. The van der Waals surface area contributed by atoms with Crippen molar-refractivity contribution in [2.24, 2.45) is 5.92 Å². The van der Waals surface area contributed by atoms with Crippen LogP contribution < -0.4 is 10.0 Å². The van der Waals surface area contributed by atoms with E-state index in [1.807, 2.05) is 24.9 Å². The summed E-state index contributed by atoms with van der Waals surface area (Å²) in [5.41, 5.74) is 0.951. The summed E-state index contributed by atoms with van der Waals surface area (Å²) in [5.74, 6) is 2.63. The number of hydrogen-bond acceptors (Lipinski definition) is 4. The number of rotatable bonds is 6. The molecule has 2 N–H and O–H groups in total. The number of sulfonamides is 1. The van der Waals surface area contributed by atoms with Crippen molar-refractivity contribution in [3.05, 3.63) is 28.2 Å². The van der Waals surface area contributed by atoms with Gasteiger partial charge in [-0.15, -0.1) is 0 Å². The molecule has 0 aliphatic carbocycles. The van der Waals surface area contributed by atoms with Gasteiger partial charge in [0, 0.05) is 17.6 Å². The van der Waals surface area contributed by atoms with Crippen LogP contribution in [0.15, 0.2) is 27.6 Å². The predicted octanol–water partition coefficient (Wildman–Crippen LogP) is 2.20. The van der Waals surface area contributed by atoms with Crippen LogP contribution in [-0.4, -0.2) is 33.5 Å². The highest BCUT2D eigenvalue weighted by Gasteiger charge is 2.22. The van der Waals surface area contributed by atoms with Crippen LogP contribution in [0.3, 0.4) is 0 Å². The number of halogens is 1. The minimum Gasteiger partial charge on any atom is -0.316 e. The fourth-order valence-electron chi connectivity index (χ4n) is 2.12. The van der Waals surface area contributed by atoms with E-state index in [1.54, 1.807) is 12.1 Å². The second kappa shape index (κ2) is 7.26. The fourth-order valence-corrected chi connectivity index (χ4v) is 5.53. The Hall–Kier alpha value is -0.0800. The molecule has 4 nitrogen and oxygen atoms in total. The van der Waals surface area contributed by atoms with Gasteiger partial charge in [-0.25, -0.2) is 13.1 Å². The molecule has 1 saturated heterocycles. The summed E-state index contributed by atoms with van der Waals surface area (Å²) in [6, 6.07) is 5.41. The van der Waals surface area contributed by atoms with Gasteiger partial charge in [0.05, 0.1) is 4.90 Å². The molecule has 1 aromatic rings. The summed E-state index contributed by atoms with van der Waals surface area (Å²) in [6.45, 7) is 1.17. The highest BCUT2D eigenvalue weighted by Crippen LogP contribution is 2.25. The zero-order valence-electron chi connectivity index (χ0n) is 11.4. The van der Waals surface area contributed by atoms with Gasteiger partial charge in [-0.05, 0) is 64.5 Å². The Morgan fingerprint density at radius 1 is 1.45 bits per heavy atom. The van der Waals surface area contributed by atoms with E-state index in [0.717, 1.165) is 23.5 Å². The molecule has 0 amide bonds. The highest BCUT2D eigenvalue weighted by atomic mass is 79.9. The van der Waals surface area contributed by atoms with Crippen molar-refractivity contribution < 1.29 is 8.42 Å². The van der Waals surface area contributed by atoms with Crippen LogP contribution in [0, 0.1) is 5.92 Å². The Labute approximate surface area is 133 Å². The third-order valence-electron chi connectivity index (χ3n) is 3.25. The smallest absolute Gasteiger partial charge is 0.241 e. The molecular weight excluding hydrogens is 360 g/mol. The van der Waals surface area contributed by atoms with Crippen LogP contribution in [0.25, 0.3) is 0 Å². The molecule has 1 aromatic carbocycles. The summed E-state index contributed by atoms with van der Waals surface area (Å²) < 4.78 is 28.1. The Kier molecular flexibility index (Phi) is 5.92. The van der Waals surface area contributed by atoms with Crippen LogP contribution in [0.5, 0.6) is 0 Å². The zero-order valence-corrected chi connectivity index (χ0v) is 14.6. The van der Waals surface area contributed by atoms with E-state index < -0.39 is 10.0 Å². The van der Waals surface area contributed by atoms with Gasteiger partial charge in [0.25, 0.3) is 0 Å². The van der Waals surface area contributed by atoms with Gasteiger partial charge >= 0.3 is 0 Å². The van der Waals surface area contributed by atoms with Crippen molar-refractivity contribution in [3.63, 3.8) is 0 Å². The summed E-state index contributed by atoms with van der Waals surface area (Å²) >= 11 is 5.22. The van der Waals surface area contributed by atoms with Crippen molar-refractivity contribution in [1.82, 2.24) is 10.0 Å². The van der Waals surface area contributed by atoms with Gasteiger partial charge in [0.1, 0.15) is 0 Å². The van der Waals surface area contributed by atoms with Crippen LogP contribution in [0.4, 0.5) is 0 Å². The first kappa shape index (κ1) is 16.3. The summed E-state index contributed by atoms with van der Waals surface area (Å²) in [6.07, 6.45) is 1.09. The monoisotopic (exact) mass is 378 g/mol. The third-order valence-corrected chi connectivity index (χ3v) is 6.90. The SMILES string of the molecule is CNCc1ccc(Br)c(S(=O)(=O)NCC2CCSC2)c1. The average molecular weight is 379 g/mol. The molecule has 1 atom stereocenters. The molecule has 1 aliphatic heterocycles. The van der Waals surface area contributed by atoms with Crippen molar-refractivity contribution >= 4 is 37.7 Å². The van der Waals surface area contributed by atoms with E-state index in [-0.39, 0.29) is 0 Å². The van der Waals surface area contributed by atoms with Crippen LogP contribution >= 0.6 is 27.7 Å². The van der Waals surface area contributed by atoms with Gasteiger partial charge in [-0.2, -0.15) is 11.8 Å². The van der Waals surface area contributed by atoms with Crippen molar-refractivity contribution in [1.29, 1.82) is 0 Å². The first-order valence-corrected chi connectivity index (χ1v) is 9.96. The Bertz CT molecular complexity index is 557. The molecule has 1 unspecified atom stereocenters. The lowest BCUT2D eigenvalue weighted by Gasteiger charge is -2.13. The van der Waals surface area contributed by atoms with E-state index in [4.69, 9.17) is 0 Å². The lowest BCUT2D eigenvalue weighted by atomic mass is 10.1. The standard InChI is InChI=1S/C13H19BrN2O2S2/c1-15-7-10-2-3-12(14)13(6-10)20(17,18)16-8-11-4-5-19-9-11/h2-3,6,11,15-16H,4-5,7-9H2,1H3. The van der Waals surface area contributed by atoms with E-state index >= 15 is 0 Å². The molecule has 1 fully saturated rings. The maximum atomic E-state index is 12.4. The zero-order chi connectivity index (χ0) is 14.6. The topological polar surface area (TPSA) is 58.2 Å². The quantitative estimate of drug-likeness (QED) is 0.796. The first-order chi connectivity index (χ1) is 9.53. The molecular formula is C13H19BrN2O2S2. The average Bonchev–Trinajstić information content (AvgIpc) is 2.92. The van der Waals surface area contributed by atoms with Gasteiger partial charge in [0.2, 0.25) is 10.0 Å². The molecule has 20 heavy (non-hydrogen) atoms. The van der Waals surface area contributed by atoms with Gasteiger partial charge < -0.3 is 5.32 Å². The molecule has 0 aromatic heterocycles. The third kappa shape index (κ3) is 4.21. The lowest BCUT2D eigenvalue weighted by molar-refractivity contribution is 0.545. The number of hydrogen-bond donors (Lipinski definition) is 2. The summed E-state index contributed by atoms with van der Waals surface area (Å²) in [4.78, 5) is 0.316. The number of nitrogens with one attached hydrogen (secondary N) is 2. The Balaban J connectivity index is 2.12. The molecule has 0 saturated carbocycles. The number of thioether (sulfide) groups is 1. The minimum absolute atomic E-state index is 0.316. The molecule has 1 aliphatic rings. The van der Waals surface area contributed by atoms with Gasteiger partial charge in [0.15, 0.2) is 0 Å². The highest BCUT2D eigenvalue weighted by molar-refractivity contribution is 9.10. The molecule has 0 radical (unpaired) electrons. The molecule has 0 spiro atoms. The summed E-state index contributed by atoms with van der Waals surface area (Å²) in [7, 11) is -1.61. The van der Waals surface area contributed by atoms with Crippen LogP contribution in [0.1, 0.15) is 12.0 Å². The molecule has 2 rings (SSSR count). The number of benzene rings is 1. The van der Waals surface area contributed by atoms with Crippen molar-refractivity contribution in [2.75, 3.05) is 25.1 Å².